The number of aromatic nitrogens is 2. The first-order valence-electron chi connectivity index (χ1n) is 6.88. The van der Waals surface area contributed by atoms with E-state index in [1.807, 2.05) is 0 Å². The van der Waals surface area contributed by atoms with E-state index in [1.165, 1.54) is 19.3 Å². The van der Waals surface area contributed by atoms with Crippen LogP contribution < -0.4 is 5.32 Å². The highest BCUT2D eigenvalue weighted by Gasteiger charge is 2.13. The molecule has 0 bridgehead atoms. The number of aryl methyl sites for hydroxylation is 2. The second-order valence-electron chi connectivity index (χ2n) is 5.07. The molecule has 1 heterocycles. The smallest absolute Gasteiger partial charge is 0.203 e. The summed E-state index contributed by atoms with van der Waals surface area (Å²) in [5, 5.41) is 3.54. The van der Waals surface area contributed by atoms with Crippen LogP contribution in [0.3, 0.4) is 0 Å². The van der Waals surface area contributed by atoms with E-state index in [9.17, 15) is 0 Å². The average Bonchev–Trinajstić information content (AvgIpc) is 2.65. The molecule has 0 aliphatic heterocycles. The summed E-state index contributed by atoms with van der Waals surface area (Å²) in [4.78, 5) is 4.57. The minimum Gasteiger partial charge on any atom is -0.353 e. The van der Waals surface area contributed by atoms with Gasteiger partial charge in [0.1, 0.15) is 0 Å². The van der Waals surface area contributed by atoms with Crippen molar-refractivity contribution in [3.8, 4) is 0 Å². The third-order valence-corrected chi connectivity index (χ3v) is 3.50. The highest BCUT2D eigenvalue weighted by atomic mass is 15.2. The Morgan fingerprint density at radius 3 is 2.65 bits per heavy atom. The van der Waals surface area contributed by atoms with Crippen LogP contribution in [0.5, 0.6) is 0 Å². The first kappa shape index (κ1) is 14.1. The first-order chi connectivity index (χ1) is 8.08. The number of hydrogen-bond donors (Lipinski definition) is 1. The third kappa shape index (κ3) is 4.06. The number of unbranched alkanes of at least 4 members (excludes halogenated alkanes) is 1. The molecular formula is C14H27N3. The molecule has 0 spiro atoms. The average molecular weight is 237 g/mol. The van der Waals surface area contributed by atoms with Crippen LogP contribution >= 0.6 is 0 Å². The minimum absolute atomic E-state index is 0.474. The van der Waals surface area contributed by atoms with Crippen molar-refractivity contribution in [2.24, 2.45) is 5.92 Å². The van der Waals surface area contributed by atoms with E-state index >= 15 is 0 Å². The second-order valence-corrected chi connectivity index (χ2v) is 5.07. The van der Waals surface area contributed by atoms with E-state index in [4.69, 9.17) is 0 Å². The van der Waals surface area contributed by atoms with Crippen molar-refractivity contribution < 1.29 is 0 Å². The SMILES string of the molecule is CCCCn1cc(C)nc1NC(C)C(C)CC. The van der Waals surface area contributed by atoms with Gasteiger partial charge in [0.25, 0.3) is 0 Å². The molecule has 2 atom stereocenters. The Morgan fingerprint density at radius 1 is 1.35 bits per heavy atom. The standard InChI is InChI=1S/C14H27N3/c1-6-8-9-17-10-12(4)15-14(17)16-13(5)11(3)7-2/h10-11,13H,6-9H2,1-5H3,(H,15,16). The lowest BCUT2D eigenvalue weighted by atomic mass is 10.0. The second kappa shape index (κ2) is 6.67. The molecule has 0 aromatic carbocycles. The molecular weight excluding hydrogens is 210 g/mol. The summed E-state index contributed by atoms with van der Waals surface area (Å²) in [6.45, 7) is 12.1. The largest absolute Gasteiger partial charge is 0.353 e. The van der Waals surface area contributed by atoms with Crippen molar-refractivity contribution in [1.82, 2.24) is 9.55 Å². The predicted molar refractivity (Wildman–Crippen MR) is 74.4 cm³/mol. The predicted octanol–water partition coefficient (Wildman–Crippen LogP) is 3.84. The molecule has 2 unspecified atom stereocenters. The maximum atomic E-state index is 4.57. The Kier molecular flexibility index (Phi) is 5.52. The number of anilines is 1. The fourth-order valence-electron chi connectivity index (χ4n) is 1.86. The topological polar surface area (TPSA) is 29.9 Å². The molecule has 0 fully saturated rings. The zero-order valence-corrected chi connectivity index (χ0v) is 12.0. The summed E-state index contributed by atoms with van der Waals surface area (Å²) in [6.07, 6.45) is 5.77. The van der Waals surface area contributed by atoms with Gasteiger partial charge in [-0.1, -0.05) is 33.6 Å². The van der Waals surface area contributed by atoms with Crippen LogP contribution in [0, 0.1) is 12.8 Å². The Morgan fingerprint density at radius 2 is 2.06 bits per heavy atom. The van der Waals surface area contributed by atoms with Crippen LogP contribution in [-0.4, -0.2) is 15.6 Å². The van der Waals surface area contributed by atoms with Gasteiger partial charge in [-0.05, 0) is 26.2 Å². The Labute approximate surface area is 106 Å². The molecule has 0 saturated carbocycles. The fraction of sp³-hybridized carbons (Fsp3) is 0.786. The van der Waals surface area contributed by atoms with Crippen molar-refractivity contribution in [1.29, 1.82) is 0 Å². The zero-order valence-electron chi connectivity index (χ0n) is 12.0. The van der Waals surface area contributed by atoms with Crippen LogP contribution in [0.25, 0.3) is 0 Å². The van der Waals surface area contributed by atoms with Crippen LogP contribution in [0.4, 0.5) is 5.95 Å². The van der Waals surface area contributed by atoms with Crippen molar-refractivity contribution >= 4 is 5.95 Å². The number of rotatable bonds is 7. The van der Waals surface area contributed by atoms with Crippen molar-refractivity contribution in [3.63, 3.8) is 0 Å². The van der Waals surface area contributed by atoms with Gasteiger partial charge in [0.05, 0.1) is 5.69 Å². The summed E-state index contributed by atoms with van der Waals surface area (Å²) in [7, 11) is 0. The Bertz CT molecular complexity index is 330. The molecule has 3 heteroatoms. The summed E-state index contributed by atoms with van der Waals surface area (Å²) in [5.74, 6) is 1.70. The van der Waals surface area contributed by atoms with E-state index in [-0.39, 0.29) is 0 Å². The summed E-state index contributed by atoms with van der Waals surface area (Å²) in [5.41, 5.74) is 1.10. The van der Waals surface area contributed by atoms with E-state index in [1.54, 1.807) is 0 Å². The number of nitrogens with one attached hydrogen (secondary N) is 1. The van der Waals surface area contributed by atoms with Gasteiger partial charge in [-0.3, -0.25) is 0 Å². The van der Waals surface area contributed by atoms with Crippen molar-refractivity contribution in [2.75, 3.05) is 5.32 Å². The first-order valence-corrected chi connectivity index (χ1v) is 6.88. The normalized spacial score (nSPS) is 14.6. The monoisotopic (exact) mass is 237 g/mol. The van der Waals surface area contributed by atoms with Gasteiger partial charge in [-0.25, -0.2) is 4.98 Å². The maximum absolute atomic E-state index is 4.57. The van der Waals surface area contributed by atoms with Crippen molar-refractivity contribution in [2.45, 2.75) is 66.5 Å². The highest BCUT2D eigenvalue weighted by Crippen LogP contribution is 2.15. The quantitative estimate of drug-likeness (QED) is 0.781. The van der Waals surface area contributed by atoms with Crippen molar-refractivity contribution in [3.05, 3.63) is 11.9 Å². The number of nitrogens with zero attached hydrogens (tertiary/aromatic N) is 2. The number of imidazole rings is 1. The molecule has 3 nitrogen and oxygen atoms in total. The molecule has 0 amide bonds. The minimum atomic E-state index is 0.474. The van der Waals surface area contributed by atoms with Gasteiger partial charge in [0.2, 0.25) is 5.95 Å². The van der Waals surface area contributed by atoms with Gasteiger partial charge in [0.15, 0.2) is 0 Å². The van der Waals surface area contributed by atoms with E-state index in [0.717, 1.165) is 18.2 Å². The van der Waals surface area contributed by atoms with Crippen LogP contribution in [0.1, 0.15) is 52.7 Å². The molecule has 1 aromatic rings. The maximum Gasteiger partial charge on any atom is 0.203 e. The fourth-order valence-corrected chi connectivity index (χ4v) is 1.86. The molecule has 1 rings (SSSR count). The molecule has 98 valence electrons. The summed E-state index contributed by atoms with van der Waals surface area (Å²) in [6, 6.07) is 0.474. The number of hydrogen-bond acceptors (Lipinski definition) is 2. The van der Waals surface area contributed by atoms with E-state index in [0.29, 0.717) is 12.0 Å². The summed E-state index contributed by atoms with van der Waals surface area (Å²) < 4.78 is 2.25. The Hall–Kier alpha value is -0.990. The van der Waals surface area contributed by atoms with Gasteiger partial charge in [-0.15, -0.1) is 0 Å². The third-order valence-electron chi connectivity index (χ3n) is 3.50. The molecule has 0 saturated heterocycles. The zero-order chi connectivity index (χ0) is 12.8. The highest BCUT2D eigenvalue weighted by molar-refractivity contribution is 5.30. The lowest BCUT2D eigenvalue weighted by Crippen LogP contribution is -2.25. The van der Waals surface area contributed by atoms with E-state index < -0.39 is 0 Å². The van der Waals surface area contributed by atoms with Gasteiger partial charge in [-0.2, -0.15) is 0 Å². The summed E-state index contributed by atoms with van der Waals surface area (Å²) >= 11 is 0. The molecule has 17 heavy (non-hydrogen) atoms. The molecule has 1 aromatic heterocycles. The van der Waals surface area contributed by atoms with Gasteiger partial charge < -0.3 is 9.88 Å². The van der Waals surface area contributed by atoms with Crippen LogP contribution in [0.2, 0.25) is 0 Å². The molecule has 0 aliphatic carbocycles. The van der Waals surface area contributed by atoms with E-state index in [2.05, 4.69) is 55.7 Å². The Balaban J connectivity index is 2.68. The molecule has 0 radical (unpaired) electrons. The van der Waals surface area contributed by atoms with Gasteiger partial charge in [0, 0.05) is 18.8 Å². The molecule has 0 aliphatic rings. The van der Waals surface area contributed by atoms with Gasteiger partial charge >= 0.3 is 0 Å². The lowest BCUT2D eigenvalue weighted by Gasteiger charge is -2.21. The lowest BCUT2D eigenvalue weighted by molar-refractivity contribution is 0.488. The van der Waals surface area contributed by atoms with Crippen LogP contribution in [-0.2, 0) is 6.54 Å². The van der Waals surface area contributed by atoms with Crippen LogP contribution in [0.15, 0.2) is 6.20 Å². The molecule has 1 N–H and O–H groups in total.